The molecule has 1 unspecified atom stereocenters. The molecule has 0 amide bonds. The molecule has 0 saturated carbocycles. The van der Waals surface area contributed by atoms with Gasteiger partial charge in [-0.05, 0) is 35.7 Å². The van der Waals surface area contributed by atoms with Crippen molar-refractivity contribution in [3.8, 4) is 0 Å². The van der Waals surface area contributed by atoms with Crippen LogP contribution < -0.4 is 0 Å². The Morgan fingerprint density at radius 2 is 1.85 bits per heavy atom. The number of benzene rings is 1. The molecule has 0 saturated heterocycles. The summed E-state index contributed by atoms with van der Waals surface area (Å²) in [7, 11) is -1.74. The molecule has 0 aliphatic heterocycles. The Morgan fingerprint density at radius 1 is 1.25 bits per heavy atom. The van der Waals surface area contributed by atoms with E-state index in [9.17, 15) is 8.76 Å². The van der Waals surface area contributed by atoms with Gasteiger partial charge >= 0.3 is 0 Å². The Balaban J connectivity index is 2.65. The van der Waals surface area contributed by atoms with Crippen molar-refractivity contribution in [2.45, 2.75) is 51.9 Å². The Labute approximate surface area is 126 Å². The van der Waals surface area contributed by atoms with Crippen LogP contribution in [0.4, 0.5) is 0 Å². The summed E-state index contributed by atoms with van der Waals surface area (Å²) < 4.78 is 27.4. The van der Waals surface area contributed by atoms with Crippen molar-refractivity contribution in [3.05, 3.63) is 35.4 Å². The van der Waals surface area contributed by atoms with Crippen molar-refractivity contribution in [3.63, 3.8) is 0 Å². The van der Waals surface area contributed by atoms with E-state index in [4.69, 9.17) is 4.43 Å². The Bertz CT molecular complexity index is 466. The average Bonchev–Trinajstić information content (AvgIpc) is 2.33. The third-order valence-corrected chi connectivity index (χ3v) is 8.97. The van der Waals surface area contributed by atoms with Gasteiger partial charge in [-0.1, -0.05) is 56.1 Å². The second kappa shape index (κ2) is 6.98. The highest BCUT2D eigenvalue weighted by Gasteiger charge is 2.36. The van der Waals surface area contributed by atoms with E-state index in [-0.39, 0.29) is 10.8 Å². The molecule has 3 nitrogen and oxygen atoms in total. The van der Waals surface area contributed by atoms with Gasteiger partial charge in [0.15, 0.2) is 8.32 Å². The van der Waals surface area contributed by atoms with Crippen LogP contribution in [-0.2, 0) is 28.5 Å². The zero-order valence-electron chi connectivity index (χ0n) is 13.1. The lowest BCUT2D eigenvalue weighted by Crippen LogP contribution is -2.40. The molecule has 0 N–H and O–H groups in total. The minimum Gasteiger partial charge on any atom is -0.772 e. The van der Waals surface area contributed by atoms with Gasteiger partial charge in [-0.15, -0.1) is 0 Å². The zero-order valence-corrected chi connectivity index (χ0v) is 14.9. The van der Waals surface area contributed by atoms with Crippen molar-refractivity contribution in [1.82, 2.24) is 0 Å². The maximum absolute atomic E-state index is 10.6. The van der Waals surface area contributed by atoms with E-state index in [2.05, 4.69) is 33.9 Å². The molecule has 114 valence electrons. The number of rotatable bonds is 6. The summed E-state index contributed by atoms with van der Waals surface area (Å²) in [5.41, 5.74) is 2.16. The molecular weight excluding hydrogens is 288 g/mol. The molecule has 1 rings (SSSR count). The van der Waals surface area contributed by atoms with Gasteiger partial charge in [0.2, 0.25) is 0 Å². The fourth-order valence-electron chi connectivity index (χ4n) is 1.56. The molecule has 5 heteroatoms. The van der Waals surface area contributed by atoms with Crippen molar-refractivity contribution in [1.29, 1.82) is 0 Å². The maximum atomic E-state index is 10.6. The molecule has 1 aromatic carbocycles. The maximum Gasteiger partial charge on any atom is 0.192 e. The standard InChI is InChI=1S/C15H26O3SSi/c1-15(2,3)20(4,5)18-12-14-8-6-7-13(11-14)9-10-19(16)17/h6-8,11H,9-10,12H2,1-5H3,(H,16,17)/p-1. The van der Waals surface area contributed by atoms with Crippen molar-refractivity contribution in [2.75, 3.05) is 5.75 Å². The normalized spacial score (nSPS) is 14.3. The first kappa shape index (κ1) is 17.6. The van der Waals surface area contributed by atoms with Crippen molar-refractivity contribution in [2.24, 2.45) is 0 Å². The van der Waals surface area contributed by atoms with Crippen LogP contribution in [0.25, 0.3) is 0 Å². The molecule has 0 radical (unpaired) electrons. The topological polar surface area (TPSA) is 49.4 Å². The first-order valence-electron chi connectivity index (χ1n) is 6.89. The van der Waals surface area contributed by atoms with E-state index in [0.29, 0.717) is 13.0 Å². The molecule has 1 atom stereocenters. The minimum atomic E-state index is -1.98. The average molecular weight is 314 g/mol. The predicted octanol–water partition coefficient (Wildman–Crippen LogP) is 3.63. The van der Waals surface area contributed by atoms with E-state index in [0.717, 1.165) is 11.1 Å². The van der Waals surface area contributed by atoms with Crippen LogP contribution >= 0.6 is 0 Å². The summed E-state index contributed by atoms with van der Waals surface area (Å²) in [4.78, 5) is 0. The molecule has 20 heavy (non-hydrogen) atoms. The summed E-state index contributed by atoms with van der Waals surface area (Å²) >= 11 is -1.98. The molecular formula is C15H25O3SSi-. The second-order valence-electron chi connectivity index (χ2n) is 6.63. The largest absolute Gasteiger partial charge is 0.772 e. The van der Waals surface area contributed by atoms with E-state index in [1.165, 1.54) is 0 Å². The Morgan fingerprint density at radius 3 is 2.40 bits per heavy atom. The van der Waals surface area contributed by atoms with Gasteiger partial charge < -0.3 is 8.98 Å². The molecule has 0 bridgehead atoms. The van der Waals surface area contributed by atoms with Gasteiger partial charge in [0.1, 0.15) is 0 Å². The summed E-state index contributed by atoms with van der Waals surface area (Å²) in [5.74, 6) is 0.173. The van der Waals surface area contributed by atoms with Gasteiger partial charge in [-0.2, -0.15) is 0 Å². The lowest BCUT2D eigenvalue weighted by molar-refractivity contribution is 0.276. The lowest BCUT2D eigenvalue weighted by Gasteiger charge is -2.36. The van der Waals surface area contributed by atoms with Crippen molar-refractivity contribution < 1.29 is 13.2 Å². The fourth-order valence-corrected chi connectivity index (χ4v) is 2.92. The minimum absolute atomic E-state index is 0.173. The number of aryl methyl sites for hydroxylation is 1. The molecule has 0 aliphatic carbocycles. The third-order valence-electron chi connectivity index (χ3n) is 3.95. The Kier molecular flexibility index (Phi) is 6.13. The Hall–Kier alpha value is -0.493. The fraction of sp³-hybridized carbons (Fsp3) is 0.600. The van der Waals surface area contributed by atoms with Crippen LogP contribution in [0.2, 0.25) is 18.1 Å². The van der Waals surface area contributed by atoms with Crippen molar-refractivity contribution >= 4 is 19.4 Å². The van der Waals surface area contributed by atoms with Crippen LogP contribution in [0, 0.1) is 0 Å². The molecule has 0 fully saturated rings. The van der Waals surface area contributed by atoms with E-state index < -0.39 is 19.4 Å². The molecule has 0 aliphatic rings. The lowest BCUT2D eigenvalue weighted by atomic mass is 10.1. The summed E-state index contributed by atoms with van der Waals surface area (Å²) in [6, 6.07) is 8.00. The highest BCUT2D eigenvalue weighted by atomic mass is 32.2. The van der Waals surface area contributed by atoms with Crippen LogP contribution in [0.15, 0.2) is 24.3 Å². The van der Waals surface area contributed by atoms with Crippen LogP contribution in [-0.4, -0.2) is 22.8 Å². The SMILES string of the molecule is CC(C)(C)[Si](C)(C)OCc1cccc(CCS(=O)[O-])c1. The van der Waals surface area contributed by atoms with Gasteiger partial charge in [-0.3, -0.25) is 4.21 Å². The summed E-state index contributed by atoms with van der Waals surface area (Å²) in [5, 5.41) is 0.198. The zero-order chi connectivity index (χ0) is 15.4. The van der Waals surface area contributed by atoms with Crippen LogP contribution in [0.5, 0.6) is 0 Å². The van der Waals surface area contributed by atoms with Crippen LogP contribution in [0.3, 0.4) is 0 Å². The van der Waals surface area contributed by atoms with E-state index in [1.54, 1.807) is 0 Å². The van der Waals surface area contributed by atoms with E-state index >= 15 is 0 Å². The van der Waals surface area contributed by atoms with Gasteiger partial charge in [-0.25, -0.2) is 0 Å². The number of hydrogen-bond donors (Lipinski definition) is 0. The first-order valence-corrected chi connectivity index (χ1v) is 11.0. The number of hydrogen-bond acceptors (Lipinski definition) is 3. The first-order chi connectivity index (χ1) is 9.12. The highest BCUT2D eigenvalue weighted by molar-refractivity contribution is 7.79. The second-order valence-corrected chi connectivity index (χ2v) is 12.5. The van der Waals surface area contributed by atoms with Gasteiger partial charge in [0.05, 0.1) is 6.61 Å². The molecule has 0 heterocycles. The monoisotopic (exact) mass is 313 g/mol. The molecule has 0 spiro atoms. The molecule has 0 aromatic heterocycles. The highest BCUT2D eigenvalue weighted by Crippen LogP contribution is 2.37. The smallest absolute Gasteiger partial charge is 0.192 e. The quantitative estimate of drug-likeness (QED) is 0.595. The molecule has 1 aromatic rings. The summed E-state index contributed by atoms with van der Waals surface area (Å²) in [6.45, 7) is 11.7. The predicted molar refractivity (Wildman–Crippen MR) is 85.9 cm³/mol. The van der Waals surface area contributed by atoms with Gasteiger partial charge in [0, 0.05) is 5.75 Å². The van der Waals surface area contributed by atoms with Gasteiger partial charge in [0.25, 0.3) is 0 Å². The van der Waals surface area contributed by atoms with Crippen LogP contribution in [0.1, 0.15) is 31.9 Å². The third kappa shape index (κ3) is 5.48. The van der Waals surface area contributed by atoms with E-state index in [1.807, 2.05) is 24.3 Å². The summed E-state index contributed by atoms with van der Waals surface area (Å²) in [6.07, 6.45) is 0.560.